The van der Waals surface area contributed by atoms with E-state index in [1.165, 1.54) is 42.8 Å². The molecule has 0 radical (unpaired) electrons. The average Bonchev–Trinajstić information content (AvgIpc) is 2.99. The van der Waals surface area contributed by atoms with Crippen LogP contribution in [0.2, 0.25) is 0 Å². The summed E-state index contributed by atoms with van der Waals surface area (Å²) in [7, 11) is 4.11. The molecule has 1 saturated heterocycles. The molecule has 1 fully saturated rings. The smallest absolute Gasteiger partial charge is 0.185 e. The van der Waals surface area contributed by atoms with Gasteiger partial charge in [-0.05, 0) is 43.8 Å². The lowest BCUT2D eigenvalue weighted by molar-refractivity contribution is 0.178. The normalized spacial score (nSPS) is 16.8. The summed E-state index contributed by atoms with van der Waals surface area (Å²) >= 11 is 1.81. The summed E-state index contributed by atoms with van der Waals surface area (Å²) < 4.78 is 0. The number of hydrogen-bond acceptors (Lipinski definition) is 4. The first-order valence-electron chi connectivity index (χ1n) is 8.09. The van der Waals surface area contributed by atoms with Crippen molar-refractivity contribution in [3.8, 4) is 0 Å². The largest absolute Gasteiger partial charge is 0.354 e. The molecule has 0 amide bonds. The zero-order chi connectivity index (χ0) is 15.4. The summed E-state index contributed by atoms with van der Waals surface area (Å²) in [6.07, 6.45) is 5.90. The summed E-state index contributed by atoms with van der Waals surface area (Å²) in [6.45, 7) is 3.49. The van der Waals surface area contributed by atoms with Crippen molar-refractivity contribution < 1.29 is 0 Å². The van der Waals surface area contributed by atoms with Crippen LogP contribution in [-0.4, -0.2) is 37.1 Å². The number of anilines is 1. The summed E-state index contributed by atoms with van der Waals surface area (Å²) in [6, 6.07) is 10.9. The van der Waals surface area contributed by atoms with Crippen molar-refractivity contribution in [1.29, 1.82) is 0 Å². The predicted octanol–water partition coefficient (Wildman–Crippen LogP) is 3.66. The van der Waals surface area contributed by atoms with Gasteiger partial charge in [0.2, 0.25) is 0 Å². The fraction of sp³-hybridized carbons (Fsp3) is 0.500. The van der Waals surface area contributed by atoms with E-state index >= 15 is 0 Å². The second kappa shape index (κ2) is 7.25. The van der Waals surface area contributed by atoms with Gasteiger partial charge in [-0.15, -0.1) is 11.3 Å². The van der Waals surface area contributed by atoms with Crippen LogP contribution in [0.1, 0.15) is 23.3 Å². The second-order valence-electron chi connectivity index (χ2n) is 6.41. The van der Waals surface area contributed by atoms with E-state index in [2.05, 4.69) is 59.2 Å². The van der Waals surface area contributed by atoms with E-state index in [4.69, 9.17) is 0 Å². The van der Waals surface area contributed by atoms with Crippen LogP contribution in [0.3, 0.4) is 0 Å². The Morgan fingerprint density at radius 3 is 2.55 bits per heavy atom. The highest BCUT2D eigenvalue weighted by Gasteiger charge is 2.20. The number of aromatic nitrogens is 1. The maximum absolute atomic E-state index is 4.47. The van der Waals surface area contributed by atoms with Crippen molar-refractivity contribution in [3.63, 3.8) is 0 Å². The Labute approximate surface area is 137 Å². The number of likely N-dealkylation sites (tertiary alicyclic amines) is 1. The monoisotopic (exact) mass is 315 g/mol. The van der Waals surface area contributed by atoms with E-state index in [9.17, 15) is 0 Å². The van der Waals surface area contributed by atoms with Gasteiger partial charge in [0.1, 0.15) is 0 Å². The van der Waals surface area contributed by atoms with Crippen LogP contribution in [0.5, 0.6) is 0 Å². The Kier molecular flexibility index (Phi) is 5.11. The standard InChI is InChI=1S/C18H25N3S/c1-20(2)18-19-13-17(22-18)14-21-10-8-16(9-11-21)12-15-6-4-3-5-7-15/h3-7,13,16H,8-12,14H2,1-2H3. The zero-order valence-corrected chi connectivity index (χ0v) is 14.4. The van der Waals surface area contributed by atoms with E-state index in [1.54, 1.807) is 0 Å². The van der Waals surface area contributed by atoms with Crippen LogP contribution in [0.4, 0.5) is 5.13 Å². The first-order valence-corrected chi connectivity index (χ1v) is 8.90. The van der Waals surface area contributed by atoms with Crippen LogP contribution in [0.25, 0.3) is 0 Å². The number of rotatable bonds is 5. The molecule has 1 aromatic carbocycles. The molecule has 3 nitrogen and oxygen atoms in total. The molecular formula is C18H25N3S. The van der Waals surface area contributed by atoms with Crippen molar-refractivity contribution in [2.24, 2.45) is 5.92 Å². The molecule has 0 saturated carbocycles. The van der Waals surface area contributed by atoms with Gasteiger partial charge in [-0.3, -0.25) is 4.90 Å². The molecule has 2 heterocycles. The number of nitrogens with zero attached hydrogens (tertiary/aromatic N) is 3. The third kappa shape index (κ3) is 4.08. The number of benzene rings is 1. The quantitative estimate of drug-likeness (QED) is 0.839. The lowest BCUT2D eigenvalue weighted by Crippen LogP contribution is -2.33. The van der Waals surface area contributed by atoms with Gasteiger partial charge in [-0.25, -0.2) is 4.98 Å². The molecule has 1 aromatic heterocycles. The molecule has 4 heteroatoms. The molecule has 0 spiro atoms. The lowest BCUT2D eigenvalue weighted by Gasteiger charge is -2.31. The predicted molar refractivity (Wildman–Crippen MR) is 94.6 cm³/mol. The van der Waals surface area contributed by atoms with Crippen molar-refractivity contribution in [2.45, 2.75) is 25.8 Å². The minimum atomic E-state index is 0.845. The lowest BCUT2D eigenvalue weighted by atomic mass is 9.90. The fourth-order valence-electron chi connectivity index (χ4n) is 3.09. The molecule has 3 rings (SSSR count). The molecule has 0 unspecified atom stereocenters. The van der Waals surface area contributed by atoms with Crippen LogP contribution >= 0.6 is 11.3 Å². The van der Waals surface area contributed by atoms with Crippen LogP contribution in [0, 0.1) is 5.92 Å². The van der Waals surface area contributed by atoms with Crippen molar-refractivity contribution >= 4 is 16.5 Å². The van der Waals surface area contributed by atoms with Crippen LogP contribution < -0.4 is 4.90 Å². The zero-order valence-electron chi connectivity index (χ0n) is 13.5. The van der Waals surface area contributed by atoms with E-state index in [1.807, 2.05) is 17.5 Å². The summed E-state index contributed by atoms with van der Waals surface area (Å²) in [4.78, 5) is 10.5. The van der Waals surface area contributed by atoms with Gasteiger partial charge >= 0.3 is 0 Å². The van der Waals surface area contributed by atoms with Crippen LogP contribution in [0.15, 0.2) is 36.5 Å². The number of thiazole rings is 1. The van der Waals surface area contributed by atoms with E-state index in [0.29, 0.717) is 0 Å². The Balaban J connectivity index is 1.47. The average molecular weight is 315 g/mol. The molecule has 0 aliphatic carbocycles. The Bertz CT molecular complexity index is 571. The number of hydrogen-bond donors (Lipinski definition) is 0. The third-order valence-electron chi connectivity index (χ3n) is 4.38. The first kappa shape index (κ1) is 15.5. The number of piperidine rings is 1. The van der Waals surface area contributed by atoms with Gasteiger partial charge in [0.05, 0.1) is 0 Å². The Hall–Kier alpha value is -1.39. The Morgan fingerprint density at radius 2 is 1.91 bits per heavy atom. The molecule has 1 aliphatic rings. The van der Waals surface area contributed by atoms with Crippen molar-refractivity contribution in [3.05, 3.63) is 47.0 Å². The van der Waals surface area contributed by atoms with Gasteiger partial charge in [-0.1, -0.05) is 30.3 Å². The highest BCUT2D eigenvalue weighted by Crippen LogP contribution is 2.26. The fourth-order valence-corrected chi connectivity index (χ4v) is 3.97. The van der Waals surface area contributed by atoms with Gasteiger partial charge in [0, 0.05) is 31.7 Å². The molecule has 0 bridgehead atoms. The van der Waals surface area contributed by atoms with Gasteiger partial charge < -0.3 is 4.90 Å². The highest BCUT2D eigenvalue weighted by molar-refractivity contribution is 7.15. The van der Waals surface area contributed by atoms with Gasteiger partial charge in [0.15, 0.2) is 5.13 Å². The van der Waals surface area contributed by atoms with Crippen LogP contribution in [-0.2, 0) is 13.0 Å². The van der Waals surface area contributed by atoms with E-state index < -0.39 is 0 Å². The minimum Gasteiger partial charge on any atom is -0.354 e. The third-order valence-corrected chi connectivity index (χ3v) is 5.53. The van der Waals surface area contributed by atoms with E-state index in [0.717, 1.165) is 17.6 Å². The Morgan fingerprint density at radius 1 is 1.18 bits per heavy atom. The maximum atomic E-state index is 4.47. The summed E-state index contributed by atoms with van der Waals surface area (Å²) in [5, 5.41) is 1.11. The highest BCUT2D eigenvalue weighted by atomic mass is 32.1. The van der Waals surface area contributed by atoms with E-state index in [-0.39, 0.29) is 0 Å². The molecular weight excluding hydrogens is 290 g/mol. The molecule has 22 heavy (non-hydrogen) atoms. The topological polar surface area (TPSA) is 19.4 Å². The minimum absolute atomic E-state index is 0.845. The molecule has 1 aliphatic heterocycles. The summed E-state index contributed by atoms with van der Waals surface area (Å²) in [5.41, 5.74) is 1.49. The molecule has 0 atom stereocenters. The van der Waals surface area contributed by atoms with Crippen molar-refractivity contribution in [2.75, 3.05) is 32.1 Å². The molecule has 2 aromatic rings. The molecule has 0 N–H and O–H groups in total. The van der Waals surface area contributed by atoms with Crippen molar-refractivity contribution in [1.82, 2.24) is 9.88 Å². The SMILES string of the molecule is CN(C)c1ncc(CN2CCC(Cc3ccccc3)CC2)s1. The second-order valence-corrected chi connectivity index (χ2v) is 7.51. The summed E-state index contributed by atoms with van der Waals surface area (Å²) in [5.74, 6) is 0.845. The van der Waals surface area contributed by atoms with Gasteiger partial charge in [-0.2, -0.15) is 0 Å². The maximum Gasteiger partial charge on any atom is 0.185 e. The first-order chi connectivity index (χ1) is 10.7. The molecule has 118 valence electrons. The van der Waals surface area contributed by atoms with Gasteiger partial charge in [0.25, 0.3) is 0 Å².